The molecule has 1 saturated heterocycles. The highest BCUT2D eigenvalue weighted by Crippen LogP contribution is 2.42. The standard InChI is InChI=1S/C32H42N8O/c1-7-41-26-13-15-40(18-32(26,4)5)31-22-17-39(27-16-25(21-9-10-21)37-38(27)6)14-12-23(22)33-30(34-31)28-19(2)8-11-24-29(28)20(3)35-36-24/h8,11,16,21,26H,7,9-10,12-15,17-18H2,1-6H3,(H,35,36). The molecule has 216 valence electrons. The van der Waals surface area contributed by atoms with Gasteiger partial charge in [-0.15, -0.1) is 0 Å². The number of rotatable bonds is 6. The number of aromatic amines is 1. The molecule has 3 aromatic heterocycles. The smallest absolute Gasteiger partial charge is 0.162 e. The molecule has 3 aliphatic rings. The topological polar surface area (TPSA) is 88.0 Å². The quantitative estimate of drug-likeness (QED) is 0.339. The van der Waals surface area contributed by atoms with Crippen LogP contribution in [0.25, 0.3) is 22.3 Å². The number of piperidine rings is 1. The Bertz CT molecular complexity index is 1610. The van der Waals surface area contributed by atoms with Crippen LogP contribution in [0.4, 0.5) is 11.6 Å². The second kappa shape index (κ2) is 9.82. The summed E-state index contributed by atoms with van der Waals surface area (Å²) in [6.07, 6.45) is 4.63. The van der Waals surface area contributed by atoms with Crippen molar-refractivity contribution in [2.75, 3.05) is 36.0 Å². The number of hydrogen-bond acceptors (Lipinski definition) is 7. The fourth-order valence-electron chi connectivity index (χ4n) is 7.00. The summed E-state index contributed by atoms with van der Waals surface area (Å²) >= 11 is 0. The maximum Gasteiger partial charge on any atom is 0.162 e. The number of fused-ring (bicyclic) bond motifs is 2. The van der Waals surface area contributed by atoms with Crippen LogP contribution in [0, 0.1) is 19.3 Å². The molecule has 1 unspecified atom stereocenters. The van der Waals surface area contributed by atoms with E-state index in [-0.39, 0.29) is 11.5 Å². The summed E-state index contributed by atoms with van der Waals surface area (Å²) in [4.78, 5) is 15.7. The lowest BCUT2D eigenvalue weighted by Gasteiger charge is -2.45. The van der Waals surface area contributed by atoms with E-state index in [1.165, 1.54) is 35.5 Å². The summed E-state index contributed by atoms with van der Waals surface area (Å²) in [5.41, 5.74) is 7.92. The SMILES string of the molecule is CCOC1CCN(c2nc(-c3c(C)ccc4n[nH]c(C)c34)nc3c2CN(c2cc(C4CC4)nn2C)CC3)CC1(C)C. The third kappa shape index (κ3) is 4.58. The number of benzene rings is 1. The third-order valence-corrected chi connectivity index (χ3v) is 9.36. The third-order valence-electron chi connectivity index (χ3n) is 9.36. The highest BCUT2D eigenvalue weighted by Gasteiger charge is 2.39. The van der Waals surface area contributed by atoms with Crippen LogP contribution in [0.3, 0.4) is 0 Å². The minimum atomic E-state index is 0.0128. The molecule has 7 rings (SSSR count). The van der Waals surface area contributed by atoms with Crippen LogP contribution in [0.15, 0.2) is 18.2 Å². The van der Waals surface area contributed by atoms with E-state index in [0.29, 0.717) is 5.92 Å². The van der Waals surface area contributed by atoms with Gasteiger partial charge < -0.3 is 14.5 Å². The zero-order valence-electron chi connectivity index (χ0n) is 25.3. The molecule has 2 aliphatic heterocycles. The Kier molecular flexibility index (Phi) is 6.34. The van der Waals surface area contributed by atoms with Crippen LogP contribution in [0.2, 0.25) is 0 Å². The second-order valence-corrected chi connectivity index (χ2v) is 12.9. The predicted octanol–water partition coefficient (Wildman–Crippen LogP) is 5.45. The summed E-state index contributed by atoms with van der Waals surface area (Å²) in [5.74, 6) is 3.71. The number of aromatic nitrogens is 6. The monoisotopic (exact) mass is 554 g/mol. The van der Waals surface area contributed by atoms with Crippen molar-refractivity contribution in [1.29, 1.82) is 0 Å². The molecule has 0 bridgehead atoms. The van der Waals surface area contributed by atoms with E-state index in [1.54, 1.807) is 0 Å². The van der Waals surface area contributed by atoms with Gasteiger partial charge in [0.05, 0.1) is 23.0 Å². The molecule has 5 heterocycles. The van der Waals surface area contributed by atoms with Crippen molar-refractivity contribution >= 4 is 22.5 Å². The van der Waals surface area contributed by atoms with Crippen molar-refractivity contribution in [2.24, 2.45) is 12.5 Å². The van der Waals surface area contributed by atoms with Gasteiger partial charge in [0.2, 0.25) is 0 Å². The first kappa shape index (κ1) is 26.4. The van der Waals surface area contributed by atoms with E-state index in [9.17, 15) is 0 Å². The number of hydrogen-bond donors (Lipinski definition) is 1. The van der Waals surface area contributed by atoms with Gasteiger partial charge in [0.1, 0.15) is 11.6 Å². The van der Waals surface area contributed by atoms with Gasteiger partial charge in [0, 0.05) is 85.9 Å². The van der Waals surface area contributed by atoms with Crippen molar-refractivity contribution in [1.82, 2.24) is 29.9 Å². The van der Waals surface area contributed by atoms with Crippen LogP contribution in [0.1, 0.15) is 74.2 Å². The Morgan fingerprint density at radius 3 is 2.66 bits per heavy atom. The van der Waals surface area contributed by atoms with Gasteiger partial charge in [-0.3, -0.25) is 9.78 Å². The molecule has 9 heteroatoms. The Morgan fingerprint density at radius 2 is 1.90 bits per heavy atom. The zero-order valence-corrected chi connectivity index (χ0v) is 25.3. The normalized spacial score (nSPS) is 20.6. The van der Waals surface area contributed by atoms with Gasteiger partial charge in [0.15, 0.2) is 5.82 Å². The first-order chi connectivity index (χ1) is 19.7. The van der Waals surface area contributed by atoms with Gasteiger partial charge in [-0.25, -0.2) is 9.97 Å². The Balaban J connectivity index is 1.33. The highest BCUT2D eigenvalue weighted by atomic mass is 16.5. The van der Waals surface area contributed by atoms with Crippen molar-refractivity contribution in [2.45, 2.75) is 78.9 Å². The second-order valence-electron chi connectivity index (χ2n) is 12.9. The summed E-state index contributed by atoms with van der Waals surface area (Å²) in [6, 6.07) is 6.53. The number of nitrogens with zero attached hydrogens (tertiary/aromatic N) is 7. The summed E-state index contributed by atoms with van der Waals surface area (Å²) in [7, 11) is 2.08. The fourth-order valence-corrected chi connectivity index (χ4v) is 7.00. The average Bonchev–Trinajstić information content (AvgIpc) is 3.63. The molecule has 2 fully saturated rings. The maximum atomic E-state index is 6.18. The zero-order chi connectivity index (χ0) is 28.5. The van der Waals surface area contributed by atoms with E-state index in [1.807, 2.05) is 0 Å². The number of H-pyrrole nitrogens is 1. The van der Waals surface area contributed by atoms with E-state index >= 15 is 0 Å². The minimum Gasteiger partial charge on any atom is -0.378 e. The molecule has 1 atom stereocenters. The lowest BCUT2D eigenvalue weighted by molar-refractivity contribution is -0.0310. The van der Waals surface area contributed by atoms with Crippen molar-refractivity contribution < 1.29 is 4.74 Å². The number of nitrogens with one attached hydrogen (secondary N) is 1. The Hall–Kier alpha value is -3.46. The van der Waals surface area contributed by atoms with Crippen molar-refractivity contribution in [3.63, 3.8) is 0 Å². The molecule has 1 saturated carbocycles. The molecule has 9 nitrogen and oxygen atoms in total. The predicted molar refractivity (Wildman–Crippen MR) is 163 cm³/mol. The number of anilines is 2. The molecule has 0 spiro atoms. The minimum absolute atomic E-state index is 0.0128. The molecule has 1 aliphatic carbocycles. The number of aryl methyl sites for hydroxylation is 3. The van der Waals surface area contributed by atoms with E-state index in [0.717, 1.165) is 85.1 Å². The first-order valence-electron chi connectivity index (χ1n) is 15.2. The summed E-state index contributed by atoms with van der Waals surface area (Å²) < 4.78 is 8.25. The van der Waals surface area contributed by atoms with Crippen molar-refractivity contribution in [3.8, 4) is 11.4 Å². The molecule has 0 amide bonds. The van der Waals surface area contributed by atoms with E-state index < -0.39 is 0 Å². The molecule has 4 aromatic rings. The molecule has 1 N–H and O–H groups in total. The Morgan fingerprint density at radius 1 is 1.07 bits per heavy atom. The van der Waals surface area contributed by atoms with Crippen LogP contribution < -0.4 is 9.80 Å². The maximum absolute atomic E-state index is 6.18. The van der Waals surface area contributed by atoms with Crippen molar-refractivity contribution in [3.05, 3.63) is 46.4 Å². The van der Waals surface area contributed by atoms with Gasteiger partial charge in [-0.2, -0.15) is 10.2 Å². The van der Waals surface area contributed by atoms with Crippen LogP contribution in [0.5, 0.6) is 0 Å². The summed E-state index contributed by atoms with van der Waals surface area (Å²) in [5, 5.41) is 13.7. The average molecular weight is 555 g/mol. The molecular formula is C32H42N8O. The Labute approximate surface area is 242 Å². The van der Waals surface area contributed by atoms with Gasteiger partial charge in [0.25, 0.3) is 0 Å². The van der Waals surface area contributed by atoms with Crippen LogP contribution in [-0.2, 0) is 24.8 Å². The van der Waals surface area contributed by atoms with E-state index in [2.05, 4.69) is 84.5 Å². The fraction of sp³-hybridized carbons (Fsp3) is 0.562. The molecular weight excluding hydrogens is 512 g/mol. The summed E-state index contributed by atoms with van der Waals surface area (Å²) in [6.45, 7) is 15.3. The molecule has 1 aromatic carbocycles. The lowest BCUT2D eigenvalue weighted by Crippen LogP contribution is -2.50. The van der Waals surface area contributed by atoms with Gasteiger partial charge >= 0.3 is 0 Å². The largest absolute Gasteiger partial charge is 0.378 e. The first-order valence-corrected chi connectivity index (χ1v) is 15.2. The van der Waals surface area contributed by atoms with Gasteiger partial charge in [-0.1, -0.05) is 19.9 Å². The molecule has 0 radical (unpaired) electrons. The van der Waals surface area contributed by atoms with Crippen LogP contribution in [-0.4, -0.2) is 62.3 Å². The van der Waals surface area contributed by atoms with Gasteiger partial charge in [-0.05, 0) is 51.7 Å². The van der Waals surface area contributed by atoms with Crippen LogP contribution >= 0.6 is 0 Å². The lowest BCUT2D eigenvalue weighted by atomic mass is 9.81. The number of ether oxygens (including phenoxy) is 1. The van der Waals surface area contributed by atoms with E-state index in [4.69, 9.17) is 19.8 Å². The molecule has 41 heavy (non-hydrogen) atoms. The highest BCUT2D eigenvalue weighted by molar-refractivity contribution is 5.96.